The largest absolute Gasteiger partial charge is 0.467 e. The second kappa shape index (κ2) is 9.58. The third-order valence-electron chi connectivity index (χ3n) is 3.54. The standard InChI is InChI=1S/C18H20N4O4S/c1-3-9-22-13(19)10-14(23)21-18(22)27-11-15(24)20-16(17(25)26-2)12-7-5-4-6-8-12/h3-8,10,16H,1,9,11,19H2,2H3,(H,20,24). The Kier molecular flexibility index (Phi) is 7.18. The zero-order valence-electron chi connectivity index (χ0n) is 14.8. The Morgan fingerprint density at radius 2 is 2.11 bits per heavy atom. The van der Waals surface area contributed by atoms with Crippen LogP contribution in [0.3, 0.4) is 0 Å². The van der Waals surface area contributed by atoms with E-state index in [0.29, 0.717) is 17.3 Å². The lowest BCUT2D eigenvalue weighted by atomic mass is 10.1. The predicted molar refractivity (Wildman–Crippen MR) is 103 cm³/mol. The highest BCUT2D eigenvalue weighted by Crippen LogP contribution is 2.19. The van der Waals surface area contributed by atoms with Gasteiger partial charge in [0, 0.05) is 12.6 Å². The van der Waals surface area contributed by atoms with E-state index in [2.05, 4.69) is 16.9 Å². The molecule has 1 atom stereocenters. The number of amides is 1. The third kappa shape index (κ3) is 5.45. The zero-order chi connectivity index (χ0) is 19.8. The number of carbonyl (C=O) groups excluding carboxylic acids is 2. The van der Waals surface area contributed by atoms with Crippen molar-refractivity contribution >= 4 is 29.5 Å². The van der Waals surface area contributed by atoms with Gasteiger partial charge in [0.05, 0.1) is 12.9 Å². The van der Waals surface area contributed by atoms with Crippen LogP contribution in [0, 0.1) is 0 Å². The lowest BCUT2D eigenvalue weighted by Crippen LogP contribution is -2.35. The predicted octanol–water partition coefficient (Wildman–Crippen LogP) is 1.13. The number of anilines is 1. The zero-order valence-corrected chi connectivity index (χ0v) is 15.6. The summed E-state index contributed by atoms with van der Waals surface area (Å²) < 4.78 is 6.34. The fraction of sp³-hybridized carbons (Fsp3) is 0.222. The highest BCUT2D eigenvalue weighted by Gasteiger charge is 2.23. The first-order chi connectivity index (χ1) is 13.0. The van der Waals surface area contributed by atoms with Gasteiger partial charge in [-0.2, -0.15) is 4.98 Å². The molecule has 142 valence electrons. The Morgan fingerprint density at radius 3 is 2.74 bits per heavy atom. The van der Waals surface area contributed by atoms with Crippen molar-refractivity contribution in [2.45, 2.75) is 17.7 Å². The van der Waals surface area contributed by atoms with Crippen LogP contribution in [0.2, 0.25) is 0 Å². The lowest BCUT2D eigenvalue weighted by Gasteiger charge is -2.17. The van der Waals surface area contributed by atoms with Crippen molar-refractivity contribution in [3.05, 3.63) is 65.0 Å². The molecule has 0 aliphatic heterocycles. The summed E-state index contributed by atoms with van der Waals surface area (Å²) in [5, 5.41) is 2.93. The number of aromatic nitrogens is 2. The van der Waals surface area contributed by atoms with E-state index in [0.717, 1.165) is 11.8 Å². The molecule has 0 aliphatic rings. The smallest absolute Gasteiger partial charge is 0.333 e. The van der Waals surface area contributed by atoms with Crippen molar-refractivity contribution in [1.29, 1.82) is 0 Å². The molecule has 2 rings (SSSR count). The first-order valence-electron chi connectivity index (χ1n) is 7.99. The number of nitrogens with zero attached hydrogens (tertiary/aromatic N) is 2. The topological polar surface area (TPSA) is 116 Å². The first-order valence-corrected chi connectivity index (χ1v) is 8.98. The summed E-state index contributed by atoms with van der Waals surface area (Å²) in [5.41, 5.74) is 5.94. The minimum absolute atomic E-state index is 0.0621. The molecule has 0 spiro atoms. The summed E-state index contributed by atoms with van der Waals surface area (Å²) >= 11 is 1.04. The maximum atomic E-state index is 12.4. The Labute approximate surface area is 160 Å². The summed E-state index contributed by atoms with van der Waals surface area (Å²) in [5.74, 6) is -0.825. The number of ether oxygens (including phenoxy) is 1. The molecule has 1 amide bonds. The van der Waals surface area contributed by atoms with Gasteiger partial charge in [-0.25, -0.2) is 4.79 Å². The van der Waals surface area contributed by atoms with Crippen LogP contribution in [0.15, 0.2) is 59.0 Å². The Bertz CT molecular complexity index is 883. The van der Waals surface area contributed by atoms with Crippen molar-refractivity contribution in [3.63, 3.8) is 0 Å². The van der Waals surface area contributed by atoms with Crippen molar-refractivity contribution in [3.8, 4) is 0 Å². The number of nitrogens with one attached hydrogen (secondary N) is 1. The van der Waals surface area contributed by atoms with Crippen LogP contribution in [0.1, 0.15) is 11.6 Å². The number of thioether (sulfide) groups is 1. The van der Waals surface area contributed by atoms with E-state index in [1.807, 2.05) is 0 Å². The molecule has 2 aromatic rings. The van der Waals surface area contributed by atoms with Crippen LogP contribution < -0.4 is 16.6 Å². The molecule has 0 saturated carbocycles. The quantitative estimate of drug-likeness (QED) is 0.301. The van der Waals surface area contributed by atoms with Crippen LogP contribution in [-0.2, 0) is 20.9 Å². The van der Waals surface area contributed by atoms with E-state index in [4.69, 9.17) is 10.5 Å². The molecule has 1 heterocycles. The van der Waals surface area contributed by atoms with Crippen molar-refractivity contribution in [2.75, 3.05) is 18.6 Å². The van der Waals surface area contributed by atoms with E-state index in [1.54, 1.807) is 41.0 Å². The monoisotopic (exact) mass is 388 g/mol. The molecule has 1 aromatic carbocycles. The number of hydrogen-bond donors (Lipinski definition) is 2. The summed E-state index contributed by atoms with van der Waals surface area (Å²) in [6.45, 7) is 3.98. The molecule has 0 radical (unpaired) electrons. The van der Waals surface area contributed by atoms with E-state index < -0.39 is 23.5 Å². The number of rotatable bonds is 8. The Hall–Kier alpha value is -3.07. The van der Waals surface area contributed by atoms with Gasteiger partial charge in [0.2, 0.25) is 5.91 Å². The number of benzene rings is 1. The summed E-state index contributed by atoms with van der Waals surface area (Å²) in [4.78, 5) is 39.9. The average Bonchev–Trinajstić information content (AvgIpc) is 2.66. The van der Waals surface area contributed by atoms with E-state index >= 15 is 0 Å². The number of allylic oxidation sites excluding steroid dienone is 1. The average molecular weight is 388 g/mol. The van der Waals surface area contributed by atoms with Gasteiger partial charge in [-0.15, -0.1) is 6.58 Å². The molecule has 0 aliphatic carbocycles. The van der Waals surface area contributed by atoms with Crippen LogP contribution in [0.4, 0.5) is 5.82 Å². The maximum absolute atomic E-state index is 12.4. The van der Waals surface area contributed by atoms with Crippen LogP contribution in [-0.4, -0.2) is 34.3 Å². The van der Waals surface area contributed by atoms with Crippen molar-refractivity contribution in [1.82, 2.24) is 14.9 Å². The number of methoxy groups -OCH3 is 1. The van der Waals surface area contributed by atoms with Gasteiger partial charge in [0.25, 0.3) is 5.56 Å². The van der Waals surface area contributed by atoms with Crippen molar-refractivity contribution < 1.29 is 14.3 Å². The van der Waals surface area contributed by atoms with Gasteiger partial charge in [-0.1, -0.05) is 48.2 Å². The van der Waals surface area contributed by atoms with Gasteiger partial charge in [-0.05, 0) is 5.56 Å². The van der Waals surface area contributed by atoms with E-state index in [-0.39, 0.29) is 11.6 Å². The normalized spacial score (nSPS) is 11.4. The number of nitrogens with two attached hydrogens (primary N) is 1. The highest BCUT2D eigenvalue weighted by atomic mass is 32.2. The Morgan fingerprint density at radius 1 is 1.41 bits per heavy atom. The van der Waals surface area contributed by atoms with E-state index in [9.17, 15) is 14.4 Å². The molecule has 0 saturated heterocycles. The molecular formula is C18H20N4O4S. The fourth-order valence-corrected chi connectivity index (χ4v) is 3.13. The van der Waals surface area contributed by atoms with Crippen LogP contribution >= 0.6 is 11.8 Å². The minimum atomic E-state index is -0.923. The van der Waals surface area contributed by atoms with Gasteiger partial charge in [0.15, 0.2) is 11.2 Å². The fourth-order valence-electron chi connectivity index (χ4n) is 2.30. The molecule has 1 unspecified atom stereocenters. The summed E-state index contributed by atoms with van der Waals surface area (Å²) in [7, 11) is 1.25. The second-order valence-corrected chi connectivity index (χ2v) is 6.37. The molecular weight excluding hydrogens is 368 g/mol. The maximum Gasteiger partial charge on any atom is 0.333 e. The summed E-state index contributed by atoms with van der Waals surface area (Å²) in [6, 6.07) is 9.05. The number of hydrogen-bond acceptors (Lipinski definition) is 7. The number of esters is 1. The molecule has 0 bridgehead atoms. The lowest BCUT2D eigenvalue weighted by molar-refractivity contribution is -0.145. The van der Waals surface area contributed by atoms with E-state index in [1.165, 1.54) is 13.2 Å². The van der Waals surface area contributed by atoms with Gasteiger partial charge in [0.1, 0.15) is 5.82 Å². The Balaban J connectivity index is 2.12. The molecule has 1 aromatic heterocycles. The van der Waals surface area contributed by atoms with Gasteiger partial charge >= 0.3 is 5.97 Å². The molecule has 3 N–H and O–H groups in total. The van der Waals surface area contributed by atoms with Gasteiger partial charge in [-0.3, -0.25) is 9.59 Å². The molecule has 0 fully saturated rings. The minimum Gasteiger partial charge on any atom is -0.467 e. The second-order valence-electron chi connectivity index (χ2n) is 5.42. The molecule has 9 heteroatoms. The number of nitrogen functional groups attached to an aromatic ring is 1. The molecule has 8 nitrogen and oxygen atoms in total. The van der Waals surface area contributed by atoms with Gasteiger partial charge < -0.3 is 20.4 Å². The SMILES string of the molecule is C=CCn1c(N)cc(=O)nc1SCC(=O)NC(C(=O)OC)c1ccccc1. The first kappa shape index (κ1) is 20.2. The van der Waals surface area contributed by atoms with Crippen molar-refractivity contribution in [2.24, 2.45) is 0 Å². The van der Waals surface area contributed by atoms with Crippen LogP contribution in [0.5, 0.6) is 0 Å². The highest BCUT2D eigenvalue weighted by molar-refractivity contribution is 7.99. The number of carbonyl (C=O) groups is 2. The van der Waals surface area contributed by atoms with Crippen LogP contribution in [0.25, 0.3) is 0 Å². The molecule has 27 heavy (non-hydrogen) atoms. The summed E-state index contributed by atoms with van der Waals surface area (Å²) in [6.07, 6.45) is 1.61. The third-order valence-corrected chi connectivity index (χ3v) is 4.52.